The molecule has 0 saturated carbocycles. The van der Waals surface area contributed by atoms with Crippen LogP contribution in [0.4, 0.5) is 10.5 Å². The van der Waals surface area contributed by atoms with Crippen LogP contribution in [0.25, 0.3) is 22.5 Å². The number of carbonyl (C=O) groups excluding carboxylic acids is 1. The molecule has 0 aliphatic heterocycles. The molecule has 1 unspecified atom stereocenters. The van der Waals surface area contributed by atoms with Gasteiger partial charge in [-0.2, -0.15) is 0 Å². The van der Waals surface area contributed by atoms with Crippen LogP contribution < -0.4 is 5.32 Å². The Labute approximate surface area is 207 Å². The quantitative estimate of drug-likeness (QED) is 0.292. The first-order chi connectivity index (χ1) is 16.8. The predicted molar refractivity (Wildman–Crippen MR) is 133 cm³/mol. The van der Waals surface area contributed by atoms with E-state index in [1.165, 1.54) is 0 Å². The van der Waals surface area contributed by atoms with Crippen molar-refractivity contribution in [2.24, 2.45) is 0 Å². The molecule has 3 aromatic carbocycles. The maximum Gasteiger partial charge on any atom is 0.412 e. The van der Waals surface area contributed by atoms with Gasteiger partial charge in [0.25, 0.3) is 0 Å². The van der Waals surface area contributed by atoms with Crippen molar-refractivity contribution in [2.45, 2.75) is 26.4 Å². The fourth-order valence-corrected chi connectivity index (χ4v) is 4.04. The van der Waals surface area contributed by atoms with E-state index in [4.69, 9.17) is 26.0 Å². The molecule has 0 spiro atoms. The first-order valence-electron chi connectivity index (χ1n) is 10.9. The highest BCUT2D eigenvalue weighted by molar-refractivity contribution is 6.31. The first-order valence-corrected chi connectivity index (χ1v) is 11.3. The average molecular weight is 491 g/mol. The van der Waals surface area contributed by atoms with Crippen molar-refractivity contribution in [1.82, 2.24) is 5.16 Å². The molecule has 8 heteroatoms. The van der Waals surface area contributed by atoms with Gasteiger partial charge in [0, 0.05) is 16.1 Å². The number of ether oxygens (including phenoxy) is 1. The molecule has 35 heavy (non-hydrogen) atoms. The average Bonchev–Trinajstić information content (AvgIpc) is 3.19. The van der Waals surface area contributed by atoms with E-state index in [0.717, 1.165) is 11.1 Å². The summed E-state index contributed by atoms with van der Waals surface area (Å²) >= 11 is 6.21. The Hall–Kier alpha value is -4.10. The van der Waals surface area contributed by atoms with Gasteiger partial charge in [-0.25, -0.2) is 4.79 Å². The number of nitrogens with zero attached hydrogens (tertiary/aromatic N) is 1. The monoisotopic (exact) mass is 490 g/mol. The lowest BCUT2D eigenvalue weighted by Gasteiger charge is -2.15. The molecule has 2 N–H and O–H groups in total. The maximum atomic E-state index is 12.7. The Morgan fingerprint density at radius 1 is 1.03 bits per heavy atom. The molecule has 0 aliphatic rings. The number of nitrogens with one attached hydrogen (secondary N) is 1. The van der Waals surface area contributed by atoms with Crippen LogP contribution >= 0.6 is 11.6 Å². The van der Waals surface area contributed by atoms with Crippen molar-refractivity contribution in [3.05, 3.63) is 94.6 Å². The molecule has 0 saturated heterocycles. The van der Waals surface area contributed by atoms with E-state index in [2.05, 4.69) is 10.5 Å². The van der Waals surface area contributed by atoms with Crippen molar-refractivity contribution < 1.29 is 24.0 Å². The summed E-state index contributed by atoms with van der Waals surface area (Å²) in [5.74, 6) is -0.507. The van der Waals surface area contributed by atoms with Gasteiger partial charge in [0.05, 0.1) is 6.42 Å². The molecule has 0 aliphatic carbocycles. The third-order valence-corrected chi connectivity index (χ3v) is 5.80. The van der Waals surface area contributed by atoms with Crippen LogP contribution in [0.3, 0.4) is 0 Å². The van der Waals surface area contributed by atoms with E-state index >= 15 is 0 Å². The van der Waals surface area contributed by atoms with Gasteiger partial charge in [0.2, 0.25) is 0 Å². The fraction of sp³-hybridized carbons (Fsp3) is 0.148. The smallest absolute Gasteiger partial charge is 0.412 e. The molecule has 4 rings (SSSR count). The van der Waals surface area contributed by atoms with Gasteiger partial charge in [-0.1, -0.05) is 77.4 Å². The van der Waals surface area contributed by atoms with Gasteiger partial charge in [-0.05, 0) is 42.7 Å². The second-order valence-electron chi connectivity index (χ2n) is 8.02. The SMILES string of the molecule is Cc1noc(-c2cccc(-c3cccc(CC(=O)O)c3)c2)c1NC(=O)OC(C)c1ccccc1Cl. The van der Waals surface area contributed by atoms with Crippen molar-refractivity contribution in [3.8, 4) is 22.5 Å². The third-order valence-electron chi connectivity index (χ3n) is 5.46. The Kier molecular flexibility index (Phi) is 7.17. The van der Waals surface area contributed by atoms with E-state index < -0.39 is 18.2 Å². The van der Waals surface area contributed by atoms with Crippen LogP contribution in [0.2, 0.25) is 5.02 Å². The summed E-state index contributed by atoms with van der Waals surface area (Å²) < 4.78 is 11.1. The van der Waals surface area contributed by atoms with Crippen molar-refractivity contribution in [1.29, 1.82) is 0 Å². The number of benzene rings is 3. The van der Waals surface area contributed by atoms with Crippen molar-refractivity contribution in [3.63, 3.8) is 0 Å². The summed E-state index contributed by atoms with van der Waals surface area (Å²) in [7, 11) is 0. The molecule has 1 atom stereocenters. The maximum absolute atomic E-state index is 12.7. The summed E-state index contributed by atoms with van der Waals surface area (Å²) in [6.45, 7) is 3.46. The first kappa shape index (κ1) is 24.0. The highest BCUT2D eigenvalue weighted by Gasteiger charge is 2.21. The Morgan fingerprint density at radius 3 is 2.46 bits per heavy atom. The van der Waals surface area contributed by atoms with Gasteiger partial charge in [0.1, 0.15) is 17.5 Å². The number of carboxylic acid groups (broad SMARTS) is 1. The van der Waals surface area contributed by atoms with Crippen LogP contribution in [0, 0.1) is 6.92 Å². The van der Waals surface area contributed by atoms with Crippen LogP contribution in [0.15, 0.2) is 77.3 Å². The number of carboxylic acids is 1. The Bertz CT molecular complexity index is 1380. The molecule has 0 radical (unpaired) electrons. The number of hydrogen-bond donors (Lipinski definition) is 2. The number of aliphatic carboxylic acids is 1. The third kappa shape index (κ3) is 5.70. The highest BCUT2D eigenvalue weighted by atomic mass is 35.5. The van der Waals surface area contributed by atoms with Gasteiger partial charge < -0.3 is 14.4 Å². The van der Waals surface area contributed by atoms with E-state index in [0.29, 0.717) is 38.9 Å². The minimum Gasteiger partial charge on any atom is -0.481 e. The lowest BCUT2D eigenvalue weighted by atomic mass is 9.99. The molecule has 1 aromatic heterocycles. The molecule has 0 fully saturated rings. The minimum absolute atomic E-state index is 0.0579. The number of anilines is 1. The second kappa shape index (κ2) is 10.4. The number of rotatable bonds is 7. The molecular formula is C27H23ClN2O5. The lowest BCUT2D eigenvalue weighted by Crippen LogP contribution is -2.17. The number of aromatic nitrogens is 1. The number of aryl methyl sites for hydroxylation is 1. The normalized spacial score (nSPS) is 11.6. The van der Waals surface area contributed by atoms with E-state index in [-0.39, 0.29) is 6.42 Å². The second-order valence-corrected chi connectivity index (χ2v) is 8.43. The van der Waals surface area contributed by atoms with Gasteiger partial charge in [-0.15, -0.1) is 0 Å². The van der Waals surface area contributed by atoms with Gasteiger partial charge in [0.15, 0.2) is 5.76 Å². The number of carbonyl (C=O) groups is 2. The number of hydrogen-bond acceptors (Lipinski definition) is 5. The largest absolute Gasteiger partial charge is 0.481 e. The van der Waals surface area contributed by atoms with Gasteiger partial charge in [-0.3, -0.25) is 10.1 Å². The summed E-state index contributed by atoms with van der Waals surface area (Å²) in [6.07, 6.45) is -1.28. The lowest BCUT2D eigenvalue weighted by molar-refractivity contribution is -0.136. The van der Waals surface area contributed by atoms with Gasteiger partial charge >= 0.3 is 12.1 Å². The zero-order valence-corrected chi connectivity index (χ0v) is 19.9. The van der Waals surface area contributed by atoms with Crippen LogP contribution in [-0.2, 0) is 16.0 Å². The summed E-state index contributed by atoms with van der Waals surface area (Å²) in [5, 5.41) is 16.4. The Balaban J connectivity index is 1.56. The topological polar surface area (TPSA) is 102 Å². The van der Waals surface area contributed by atoms with Crippen molar-refractivity contribution >= 4 is 29.4 Å². The van der Waals surface area contributed by atoms with Crippen LogP contribution in [0.1, 0.15) is 29.8 Å². The number of amides is 1. The predicted octanol–water partition coefficient (Wildman–Crippen LogP) is 6.91. The number of halogens is 1. The molecule has 0 bridgehead atoms. The summed E-state index contributed by atoms with van der Waals surface area (Å²) in [4.78, 5) is 23.7. The molecule has 1 heterocycles. The summed E-state index contributed by atoms with van der Waals surface area (Å²) in [5.41, 5.74) is 4.72. The summed E-state index contributed by atoms with van der Waals surface area (Å²) in [6, 6.07) is 22.0. The molecule has 1 amide bonds. The van der Waals surface area contributed by atoms with Crippen molar-refractivity contribution in [2.75, 3.05) is 5.32 Å². The fourth-order valence-electron chi connectivity index (χ4n) is 3.75. The molecule has 4 aromatic rings. The zero-order valence-electron chi connectivity index (χ0n) is 19.1. The Morgan fingerprint density at radius 2 is 1.71 bits per heavy atom. The van der Waals surface area contributed by atoms with E-state index in [1.807, 2.05) is 54.6 Å². The highest BCUT2D eigenvalue weighted by Crippen LogP contribution is 2.34. The molecular weight excluding hydrogens is 468 g/mol. The van der Waals surface area contributed by atoms with Crippen LogP contribution in [-0.4, -0.2) is 22.3 Å². The van der Waals surface area contributed by atoms with Crippen LogP contribution in [0.5, 0.6) is 0 Å². The standard InChI is InChI=1S/C27H23ClN2O5/c1-16-25(29-27(33)34-17(2)22-11-3-4-12-23(22)28)26(35-30-16)21-10-6-9-20(15-21)19-8-5-7-18(13-19)14-24(31)32/h3-13,15,17H,14H2,1-2H3,(H,29,33)(H,31,32). The van der Waals surface area contributed by atoms with E-state index in [9.17, 15) is 9.59 Å². The zero-order chi connectivity index (χ0) is 24.9. The molecule has 7 nitrogen and oxygen atoms in total. The van der Waals surface area contributed by atoms with E-state index in [1.54, 1.807) is 32.0 Å². The molecule has 178 valence electrons. The minimum atomic E-state index is -0.889.